The van der Waals surface area contributed by atoms with Crippen LogP contribution in [0.2, 0.25) is 0 Å². The molecule has 0 aromatic rings. The zero-order valence-corrected chi connectivity index (χ0v) is 9.55. The van der Waals surface area contributed by atoms with E-state index in [2.05, 4.69) is 26.8 Å². The molecule has 2 nitrogen and oxygen atoms in total. The Bertz CT molecular complexity index is 211. The molecule has 0 spiro atoms. The van der Waals surface area contributed by atoms with Crippen LogP contribution in [-0.2, 0) is 4.74 Å². The molecular weight excluding hydrogens is 174 g/mol. The third-order valence-corrected chi connectivity index (χ3v) is 2.93. The van der Waals surface area contributed by atoms with Crippen molar-refractivity contribution in [3.8, 4) is 6.07 Å². The Kier molecular flexibility index (Phi) is 3.95. The van der Waals surface area contributed by atoms with Crippen molar-refractivity contribution >= 4 is 0 Å². The van der Waals surface area contributed by atoms with Gasteiger partial charge in [-0.3, -0.25) is 0 Å². The Morgan fingerprint density at radius 2 is 2.14 bits per heavy atom. The van der Waals surface area contributed by atoms with Gasteiger partial charge in [-0.1, -0.05) is 20.8 Å². The largest absolute Gasteiger partial charge is 0.380 e. The molecular formula is C12H21NO. The van der Waals surface area contributed by atoms with Gasteiger partial charge in [0.1, 0.15) is 0 Å². The summed E-state index contributed by atoms with van der Waals surface area (Å²) in [5.74, 6) is 1.40. The number of nitriles is 1. The predicted octanol–water partition coefficient (Wildman–Crippen LogP) is 2.99. The molecule has 0 radical (unpaired) electrons. The Hall–Kier alpha value is -0.550. The van der Waals surface area contributed by atoms with Crippen molar-refractivity contribution in [2.75, 3.05) is 13.2 Å². The van der Waals surface area contributed by atoms with Crippen LogP contribution in [0, 0.1) is 28.6 Å². The van der Waals surface area contributed by atoms with Gasteiger partial charge in [-0.25, -0.2) is 0 Å². The van der Waals surface area contributed by atoms with E-state index >= 15 is 0 Å². The zero-order valence-electron chi connectivity index (χ0n) is 9.55. The van der Waals surface area contributed by atoms with E-state index in [0.29, 0.717) is 18.4 Å². The van der Waals surface area contributed by atoms with Crippen molar-refractivity contribution < 1.29 is 4.74 Å². The first kappa shape index (κ1) is 11.5. The molecule has 0 bridgehead atoms. The van der Waals surface area contributed by atoms with Crippen molar-refractivity contribution in [3.63, 3.8) is 0 Å². The normalized spacial score (nSPS) is 31.2. The van der Waals surface area contributed by atoms with Gasteiger partial charge in [-0.15, -0.1) is 0 Å². The lowest BCUT2D eigenvalue weighted by atomic mass is 9.64. The first-order chi connectivity index (χ1) is 6.58. The maximum Gasteiger partial charge on any atom is 0.0812 e. The summed E-state index contributed by atoms with van der Waals surface area (Å²) in [4.78, 5) is 0. The minimum absolute atomic E-state index is 0.142. The van der Waals surface area contributed by atoms with E-state index < -0.39 is 0 Å². The third-order valence-electron chi connectivity index (χ3n) is 2.93. The predicted molar refractivity (Wildman–Crippen MR) is 56.7 cm³/mol. The molecule has 0 aliphatic heterocycles. The van der Waals surface area contributed by atoms with Crippen LogP contribution in [0.15, 0.2) is 0 Å². The summed E-state index contributed by atoms with van der Waals surface area (Å²) < 4.78 is 5.57. The van der Waals surface area contributed by atoms with E-state index in [0.717, 1.165) is 25.9 Å². The lowest BCUT2D eigenvalue weighted by Gasteiger charge is -2.40. The highest BCUT2D eigenvalue weighted by Crippen LogP contribution is 2.44. The van der Waals surface area contributed by atoms with E-state index in [1.165, 1.54) is 0 Å². The topological polar surface area (TPSA) is 33.0 Å². The van der Waals surface area contributed by atoms with Crippen LogP contribution < -0.4 is 0 Å². The summed E-state index contributed by atoms with van der Waals surface area (Å²) in [7, 11) is 0. The molecule has 1 fully saturated rings. The van der Waals surface area contributed by atoms with Gasteiger partial charge >= 0.3 is 0 Å². The molecule has 0 unspecified atom stereocenters. The Labute approximate surface area is 87.3 Å². The molecule has 14 heavy (non-hydrogen) atoms. The van der Waals surface area contributed by atoms with Crippen LogP contribution in [-0.4, -0.2) is 13.2 Å². The average molecular weight is 195 g/mol. The molecule has 80 valence electrons. The van der Waals surface area contributed by atoms with E-state index in [4.69, 9.17) is 10.00 Å². The molecule has 1 rings (SSSR count). The highest BCUT2D eigenvalue weighted by Gasteiger charge is 2.42. The van der Waals surface area contributed by atoms with Gasteiger partial charge in [0.05, 0.1) is 18.1 Å². The molecule has 2 heteroatoms. The molecule has 1 aliphatic carbocycles. The molecule has 1 saturated carbocycles. The van der Waals surface area contributed by atoms with E-state index in [-0.39, 0.29) is 5.41 Å². The second kappa shape index (κ2) is 4.79. The van der Waals surface area contributed by atoms with Crippen molar-refractivity contribution in [1.82, 2.24) is 0 Å². The van der Waals surface area contributed by atoms with Crippen molar-refractivity contribution in [2.45, 2.75) is 40.0 Å². The third kappa shape index (κ3) is 2.99. The van der Waals surface area contributed by atoms with Gasteiger partial charge in [0.25, 0.3) is 0 Å². The van der Waals surface area contributed by atoms with Crippen LogP contribution in [0.25, 0.3) is 0 Å². The van der Waals surface area contributed by atoms with Gasteiger partial charge < -0.3 is 4.74 Å². The van der Waals surface area contributed by atoms with E-state index in [9.17, 15) is 0 Å². The summed E-state index contributed by atoms with van der Waals surface area (Å²) in [6.07, 6.45) is 3.13. The maximum absolute atomic E-state index is 9.03. The quantitative estimate of drug-likeness (QED) is 0.632. The molecule has 0 atom stereocenters. The Balaban J connectivity index is 2.14. The number of nitrogens with zero attached hydrogens (tertiary/aromatic N) is 1. The molecule has 0 saturated heterocycles. The Morgan fingerprint density at radius 3 is 2.57 bits per heavy atom. The van der Waals surface area contributed by atoms with E-state index in [1.54, 1.807) is 0 Å². The summed E-state index contributed by atoms with van der Waals surface area (Å²) in [5, 5.41) is 9.03. The standard InChI is InChI=1S/C12H21NO/c1-10(2)4-5-14-9-12(8-13)6-11(3)7-12/h10-11H,4-7,9H2,1-3H3. The van der Waals surface area contributed by atoms with Crippen molar-refractivity contribution in [2.24, 2.45) is 17.3 Å². The SMILES string of the molecule is CC(C)CCOCC1(C#N)CC(C)C1. The van der Waals surface area contributed by atoms with Gasteiger partial charge in [-0.05, 0) is 31.1 Å². The van der Waals surface area contributed by atoms with Gasteiger partial charge in [0.15, 0.2) is 0 Å². The zero-order chi connectivity index (χ0) is 10.6. The smallest absolute Gasteiger partial charge is 0.0812 e. The fourth-order valence-corrected chi connectivity index (χ4v) is 2.10. The summed E-state index contributed by atoms with van der Waals surface area (Å²) >= 11 is 0. The summed E-state index contributed by atoms with van der Waals surface area (Å²) in [6.45, 7) is 8.02. The van der Waals surface area contributed by atoms with E-state index in [1.807, 2.05) is 0 Å². The van der Waals surface area contributed by atoms with Crippen LogP contribution >= 0.6 is 0 Å². The van der Waals surface area contributed by atoms with Crippen LogP contribution in [0.1, 0.15) is 40.0 Å². The van der Waals surface area contributed by atoms with Gasteiger partial charge in [0.2, 0.25) is 0 Å². The molecule has 0 amide bonds. The minimum atomic E-state index is -0.142. The molecule has 0 aromatic carbocycles. The second-order valence-corrected chi connectivity index (χ2v) is 5.14. The maximum atomic E-state index is 9.03. The number of hydrogen-bond donors (Lipinski definition) is 0. The lowest BCUT2D eigenvalue weighted by Crippen LogP contribution is -2.38. The van der Waals surface area contributed by atoms with Crippen LogP contribution in [0.4, 0.5) is 0 Å². The fourth-order valence-electron chi connectivity index (χ4n) is 2.10. The van der Waals surface area contributed by atoms with Crippen LogP contribution in [0.3, 0.4) is 0 Å². The summed E-state index contributed by atoms with van der Waals surface area (Å²) in [6, 6.07) is 2.41. The average Bonchev–Trinajstić information content (AvgIpc) is 2.08. The first-order valence-electron chi connectivity index (χ1n) is 5.57. The monoisotopic (exact) mass is 195 g/mol. The molecule has 0 heterocycles. The van der Waals surface area contributed by atoms with Crippen molar-refractivity contribution in [3.05, 3.63) is 0 Å². The van der Waals surface area contributed by atoms with Gasteiger partial charge in [0, 0.05) is 6.61 Å². The Morgan fingerprint density at radius 1 is 1.50 bits per heavy atom. The molecule has 1 aliphatic rings. The second-order valence-electron chi connectivity index (χ2n) is 5.14. The first-order valence-corrected chi connectivity index (χ1v) is 5.57. The molecule has 0 aromatic heterocycles. The highest BCUT2D eigenvalue weighted by molar-refractivity contribution is 5.07. The molecule has 0 N–H and O–H groups in total. The highest BCUT2D eigenvalue weighted by atomic mass is 16.5. The van der Waals surface area contributed by atoms with Gasteiger partial charge in [-0.2, -0.15) is 5.26 Å². The summed E-state index contributed by atoms with van der Waals surface area (Å²) in [5.41, 5.74) is -0.142. The van der Waals surface area contributed by atoms with Crippen molar-refractivity contribution in [1.29, 1.82) is 5.26 Å². The lowest BCUT2D eigenvalue weighted by molar-refractivity contribution is 0.000733. The number of hydrogen-bond acceptors (Lipinski definition) is 2. The minimum Gasteiger partial charge on any atom is -0.380 e. The number of ether oxygens (including phenoxy) is 1. The van der Waals surface area contributed by atoms with Crippen LogP contribution in [0.5, 0.6) is 0 Å². The number of rotatable bonds is 5. The fraction of sp³-hybridized carbons (Fsp3) is 0.917.